The molecular formula is C15H21Br2NO. The second kappa shape index (κ2) is 5.05. The summed E-state index contributed by atoms with van der Waals surface area (Å²) in [5.74, 6) is 0.843. The Labute approximate surface area is 132 Å². The van der Waals surface area contributed by atoms with Gasteiger partial charge in [-0.25, -0.2) is 0 Å². The van der Waals surface area contributed by atoms with Gasteiger partial charge in [-0.15, -0.1) is 0 Å². The van der Waals surface area contributed by atoms with Gasteiger partial charge in [-0.1, -0.05) is 27.7 Å². The molecule has 0 amide bonds. The number of benzene rings is 1. The standard InChI is InChI=1S/C15H21Br2NO/c1-14(2)13(15(14,3)4)18-8-9-6-10(16)12(19-5)11(17)7-9/h6-7,13,18H,8H2,1-5H3. The summed E-state index contributed by atoms with van der Waals surface area (Å²) in [6.45, 7) is 10.2. The van der Waals surface area contributed by atoms with Crippen molar-refractivity contribution < 1.29 is 4.74 Å². The fraction of sp³-hybridized carbons (Fsp3) is 0.600. The van der Waals surface area contributed by atoms with Gasteiger partial charge in [0.15, 0.2) is 0 Å². The van der Waals surface area contributed by atoms with E-state index in [2.05, 4.69) is 77.0 Å². The molecule has 0 unspecified atom stereocenters. The lowest BCUT2D eigenvalue weighted by molar-refractivity contribution is 0.409. The third-order valence-corrected chi connectivity index (χ3v) is 5.97. The fourth-order valence-electron chi connectivity index (χ4n) is 2.84. The molecule has 0 aromatic heterocycles. The zero-order chi connectivity index (χ0) is 14.4. The zero-order valence-electron chi connectivity index (χ0n) is 12.1. The van der Waals surface area contributed by atoms with Gasteiger partial charge in [-0.3, -0.25) is 0 Å². The van der Waals surface area contributed by atoms with E-state index in [9.17, 15) is 0 Å². The molecule has 0 saturated heterocycles. The molecule has 1 aromatic carbocycles. The van der Waals surface area contributed by atoms with E-state index in [1.807, 2.05) is 0 Å². The van der Waals surface area contributed by atoms with Crippen molar-refractivity contribution in [3.63, 3.8) is 0 Å². The van der Waals surface area contributed by atoms with E-state index < -0.39 is 0 Å². The highest BCUT2D eigenvalue weighted by molar-refractivity contribution is 9.11. The molecule has 19 heavy (non-hydrogen) atoms. The number of methoxy groups -OCH3 is 1. The summed E-state index contributed by atoms with van der Waals surface area (Å²) in [5, 5.41) is 3.66. The number of nitrogens with one attached hydrogen (secondary N) is 1. The van der Waals surface area contributed by atoms with Crippen LogP contribution in [0.1, 0.15) is 33.3 Å². The Hall–Kier alpha value is -0.0600. The van der Waals surface area contributed by atoms with E-state index in [4.69, 9.17) is 4.74 Å². The Kier molecular flexibility index (Phi) is 4.07. The summed E-state index contributed by atoms with van der Waals surface area (Å²) in [7, 11) is 1.68. The number of rotatable bonds is 4. The van der Waals surface area contributed by atoms with Crippen LogP contribution < -0.4 is 10.1 Å². The van der Waals surface area contributed by atoms with Crippen molar-refractivity contribution in [3.8, 4) is 5.75 Å². The van der Waals surface area contributed by atoms with E-state index >= 15 is 0 Å². The molecule has 1 aromatic rings. The van der Waals surface area contributed by atoms with Crippen molar-refractivity contribution in [1.29, 1.82) is 0 Å². The summed E-state index contributed by atoms with van der Waals surface area (Å²) in [5.41, 5.74) is 1.99. The second-order valence-corrected chi connectivity index (χ2v) is 8.06. The average Bonchev–Trinajstić information content (AvgIpc) is 2.66. The second-order valence-electron chi connectivity index (χ2n) is 6.35. The maximum Gasteiger partial charge on any atom is 0.147 e. The molecule has 0 atom stereocenters. The molecule has 0 aliphatic heterocycles. The summed E-state index contributed by atoms with van der Waals surface area (Å²) in [4.78, 5) is 0. The highest BCUT2D eigenvalue weighted by atomic mass is 79.9. The smallest absolute Gasteiger partial charge is 0.147 e. The molecular weight excluding hydrogens is 370 g/mol. The summed E-state index contributed by atoms with van der Waals surface area (Å²) in [6, 6.07) is 4.79. The number of hydrogen-bond donors (Lipinski definition) is 1. The van der Waals surface area contributed by atoms with E-state index in [1.54, 1.807) is 7.11 Å². The number of ether oxygens (including phenoxy) is 1. The van der Waals surface area contributed by atoms with Crippen LogP contribution in [0.3, 0.4) is 0 Å². The summed E-state index contributed by atoms with van der Waals surface area (Å²) >= 11 is 7.09. The first-order valence-electron chi connectivity index (χ1n) is 6.47. The highest BCUT2D eigenvalue weighted by Crippen LogP contribution is 2.62. The monoisotopic (exact) mass is 389 g/mol. The van der Waals surface area contributed by atoms with Gasteiger partial charge in [-0.2, -0.15) is 0 Å². The predicted molar refractivity (Wildman–Crippen MR) is 86.6 cm³/mol. The predicted octanol–water partition coefficient (Wildman–Crippen LogP) is 4.74. The Morgan fingerprint density at radius 3 is 1.95 bits per heavy atom. The number of hydrogen-bond acceptors (Lipinski definition) is 2. The normalized spacial score (nSPS) is 20.4. The van der Waals surface area contributed by atoms with E-state index in [1.165, 1.54) is 5.56 Å². The van der Waals surface area contributed by atoms with Crippen LogP contribution in [0.15, 0.2) is 21.1 Å². The Morgan fingerprint density at radius 2 is 1.58 bits per heavy atom. The fourth-order valence-corrected chi connectivity index (χ4v) is 4.44. The molecule has 1 aliphatic rings. The average molecular weight is 391 g/mol. The lowest BCUT2D eigenvalue weighted by Gasteiger charge is -2.11. The van der Waals surface area contributed by atoms with Gasteiger partial charge in [0.25, 0.3) is 0 Å². The largest absolute Gasteiger partial charge is 0.494 e. The zero-order valence-corrected chi connectivity index (χ0v) is 15.3. The molecule has 2 nitrogen and oxygen atoms in total. The third kappa shape index (κ3) is 2.59. The van der Waals surface area contributed by atoms with Crippen LogP contribution in [-0.2, 0) is 6.54 Å². The van der Waals surface area contributed by atoms with Crippen LogP contribution in [0.25, 0.3) is 0 Å². The molecule has 1 aliphatic carbocycles. The Balaban J connectivity index is 2.06. The van der Waals surface area contributed by atoms with Crippen molar-refractivity contribution >= 4 is 31.9 Å². The maximum atomic E-state index is 5.32. The van der Waals surface area contributed by atoms with Gasteiger partial charge in [0.2, 0.25) is 0 Å². The third-order valence-electron chi connectivity index (χ3n) is 4.79. The summed E-state index contributed by atoms with van der Waals surface area (Å²) in [6.07, 6.45) is 0. The lowest BCUT2D eigenvalue weighted by atomic mass is 10.0. The molecule has 1 fully saturated rings. The van der Waals surface area contributed by atoms with Gasteiger partial charge in [-0.05, 0) is 60.4 Å². The highest BCUT2D eigenvalue weighted by Gasteiger charge is 2.64. The van der Waals surface area contributed by atoms with Crippen LogP contribution >= 0.6 is 31.9 Å². The van der Waals surface area contributed by atoms with Crippen LogP contribution in [0.5, 0.6) is 5.75 Å². The van der Waals surface area contributed by atoms with Gasteiger partial charge >= 0.3 is 0 Å². The Bertz CT molecular complexity index is 460. The molecule has 1 saturated carbocycles. The number of halogens is 2. The van der Waals surface area contributed by atoms with E-state index in [0.29, 0.717) is 16.9 Å². The molecule has 0 heterocycles. The quantitative estimate of drug-likeness (QED) is 0.801. The molecule has 0 bridgehead atoms. The van der Waals surface area contributed by atoms with Crippen LogP contribution in [-0.4, -0.2) is 13.2 Å². The minimum atomic E-state index is 0.369. The van der Waals surface area contributed by atoms with E-state index in [-0.39, 0.29) is 0 Å². The van der Waals surface area contributed by atoms with Gasteiger partial charge < -0.3 is 10.1 Å². The van der Waals surface area contributed by atoms with Crippen molar-refractivity contribution in [1.82, 2.24) is 5.32 Å². The summed E-state index contributed by atoms with van der Waals surface area (Å²) < 4.78 is 7.28. The Morgan fingerprint density at radius 1 is 1.11 bits per heavy atom. The van der Waals surface area contributed by atoms with Crippen molar-refractivity contribution in [3.05, 3.63) is 26.6 Å². The van der Waals surface area contributed by atoms with Crippen molar-refractivity contribution in [2.45, 2.75) is 40.3 Å². The first-order valence-corrected chi connectivity index (χ1v) is 8.05. The SMILES string of the molecule is COc1c(Br)cc(CNC2C(C)(C)C2(C)C)cc1Br. The molecule has 106 valence electrons. The molecule has 2 rings (SSSR count). The molecule has 4 heteroatoms. The molecule has 0 spiro atoms. The van der Waals surface area contributed by atoms with Crippen LogP contribution in [0.4, 0.5) is 0 Å². The lowest BCUT2D eigenvalue weighted by Crippen LogP contribution is -2.21. The van der Waals surface area contributed by atoms with Gasteiger partial charge in [0.1, 0.15) is 5.75 Å². The minimum Gasteiger partial charge on any atom is -0.494 e. The minimum absolute atomic E-state index is 0.369. The van der Waals surface area contributed by atoms with Crippen LogP contribution in [0, 0.1) is 10.8 Å². The van der Waals surface area contributed by atoms with Gasteiger partial charge in [0, 0.05) is 12.6 Å². The van der Waals surface area contributed by atoms with Crippen molar-refractivity contribution in [2.24, 2.45) is 10.8 Å². The van der Waals surface area contributed by atoms with Crippen LogP contribution in [0.2, 0.25) is 0 Å². The first-order chi connectivity index (χ1) is 8.71. The molecule has 1 N–H and O–H groups in total. The first kappa shape index (κ1) is 15.3. The van der Waals surface area contributed by atoms with Gasteiger partial charge in [0.05, 0.1) is 16.1 Å². The maximum absolute atomic E-state index is 5.32. The molecule has 0 radical (unpaired) electrons. The van der Waals surface area contributed by atoms with Crippen molar-refractivity contribution in [2.75, 3.05) is 7.11 Å². The topological polar surface area (TPSA) is 21.3 Å². The van der Waals surface area contributed by atoms with E-state index in [0.717, 1.165) is 21.2 Å².